The Kier molecular flexibility index (Phi) is 5.01. The van der Waals surface area contributed by atoms with Gasteiger partial charge in [-0.3, -0.25) is 9.78 Å². The lowest BCUT2D eigenvalue weighted by atomic mass is 10.1. The van der Waals surface area contributed by atoms with E-state index in [1.165, 1.54) is 5.69 Å². The van der Waals surface area contributed by atoms with Crippen LogP contribution < -0.4 is 21.3 Å². The number of nitrogens with one attached hydrogen (secondary N) is 2. The summed E-state index contributed by atoms with van der Waals surface area (Å²) in [6.45, 7) is 3.94. The number of hydrogen-bond acceptors (Lipinski definition) is 6. The fourth-order valence-corrected chi connectivity index (χ4v) is 3.82. The molecule has 4 N–H and O–H groups in total. The fourth-order valence-electron chi connectivity index (χ4n) is 3.82. The molecule has 7 nitrogen and oxygen atoms in total. The van der Waals surface area contributed by atoms with Gasteiger partial charge in [-0.25, -0.2) is 0 Å². The molecule has 1 fully saturated rings. The number of rotatable bonds is 4. The predicted octanol–water partition coefficient (Wildman–Crippen LogP) is 3.74. The summed E-state index contributed by atoms with van der Waals surface area (Å²) < 4.78 is 5.43. The molecule has 1 aliphatic rings. The number of nitrogens with zero attached hydrogens (tertiary/aromatic N) is 2. The average molecular weight is 413 g/mol. The van der Waals surface area contributed by atoms with Crippen LogP contribution in [0.15, 0.2) is 71.5 Å². The maximum Gasteiger partial charge on any atom is 0.274 e. The van der Waals surface area contributed by atoms with Crippen LogP contribution in [0.5, 0.6) is 0 Å². The van der Waals surface area contributed by atoms with Gasteiger partial charge in [0, 0.05) is 49.0 Å². The number of hydrogen-bond donors (Lipinski definition) is 3. The van der Waals surface area contributed by atoms with E-state index >= 15 is 0 Å². The number of carbonyl (C=O) groups is 1. The summed E-state index contributed by atoms with van der Waals surface area (Å²) in [5.41, 5.74) is 9.42. The maximum absolute atomic E-state index is 12.9. The molecule has 0 bridgehead atoms. The number of carbonyl (C=O) groups excluding carboxylic acids is 1. The maximum atomic E-state index is 12.9. The monoisotopic (exact) mass is 413 g/mol. The van der Waals surface area contributed by atoms with Gasteiger partial charge in [0.1, 0.15) is 11.5 Å². The van der Waals surface area contributed by atoms with Crippen LogP contribution in [0.4, 0.5) is 17.1 Å². The van der Waals surface area contributed by atoms with Crippen LogP contribution in [0.2, 0.25) is 0 Å². The number of amides is 1. The first-order valence-corrected chi connectivity index (χ1v) is 10.3. The number of nitrogen functional groups attached to an aromatic ring is 1. The van der Waals surface area contributed by atoms with Gasteiger partial charge in [0.2, 0.25) is 0 Å². The van der Waals surface area contributed by atoms with Gasteiger partial charge in [0.05, 0.1) is 17.6 Å². The van der Waals surface area contributed by atoms with Gasteiger partial charge in [0.15, 0.2) is 0 Å². The standard InChI is InChI=1S/C24H23N5O2/c25-20-6-4-17(23-2-1-11-31-23)14-21(20)28-24(30)22-13-16-3-5-19(12-18(16)15-27-22)29-9-7-26-8-10-29/h1-6,11-15,26H,7-10,25H2,(H,28,30). The summed E-state index contributed by atoms with van der Waals surface area (Å²) in [6.07, 6.45) is 3.36. The quantitative estimate of drug-likeness (QED) is 0.441. The highest BCUT2D eigenvalue weighted by Gasteiger charge is 2.14. The molecule has 0 radical (unpaired) electrons. The minimum atomic E-state index is -0.309. The number of pyridine rings is 1. The largest absolute Gasteiger partial charge is 0.464 e. The number of furan rings is 1. The van der Waals surface area contributed by atoms with Crippen molar-refractivity contribution in [1.29, 1.82) is 0 Å². The van der Waals surface area contributed by atoms with Gasteiger partial charge >= 0.3 is 0 Å². The molecule has 0 aliphatic carbocycles. The Hall–Kier alpha value is -3.84. The molecule has 1 aliphatic heterocycles. The summed E-state index contributed by atoms with van der Waals surface area (Å²) in [7, 11) is 0. The van der Waals surface area contributed by atoms with E-state index in [0.29, 0.717) is 22.8 Å². The van der Waals surface area contributed by atoms with Crippen molar-refractivity contribution in [2.45, 2.75) is 0 Å². The summed E-state index contributed by atoms with van der Waals surface area (Å²) in [4.78, 5) is 19.6. The predicted molar refractivity (Wildman–Crippen MR) is 123 cm³/mol. The van der Waals surface area contributed by atoms with E-state index in [-0.39, 0.29) is 5.91 Å². The molecule has 2 aromatic heterocycles. The molecule has 1 amide bonds. The van der Waals surface area contributed by atoms with Crippen molar-refractivity contribution in [3.05, 3.63) is 72.8 Å². The van der Waals surface area contributed by atoms with E-state index in [0.717, 1.165) is 42.5 Å². The summed E-state index contributed by atoms with van der Waals surface area (Å²) in [5.74, 6) is 0.399. The zero-order chi connectivity index (χ0) is 21.2. The normalized spacial score (nSPS) is 14.0. The molecule has 0 atom stereocenters. The van der Waals surface area contributed by atoms with Crippen LogP contribution in [0.1, 0.15) is 10.5 Å². The van der Waals surface area contributed by atoms with Crippen LogP contribution in [0.3, 0.4) is 0 Å². The number of piperazine rings is 1. The Balaban J connectivity index is 1.38. The minimum absolute atomic E-state index is 0.309. The van der Waals surface area contributed by atoms with Crippen molar-refractivity contribution in [1.82, 2.24) is 10.3 Å². The van der Waals surface area contributed by atoms with E-state index in [1.807, 2.05) is 24.3 Å². The van der Waals surface area contributed by atoms with Crippen molar-refractivity contribution in [2.24, 2.45) is 0 Å². The third kappa shape index (κ3) is 3.95. The Morgan fingerprint density at radius 2 is 1.94 bits per heavy atom. The van der Waals surface area contributed by atoms with E-state index in [9.17, 15) is 4.79 Å². The van der Waals surface area contributed by atoms with Gasteiger partial charge in [-0.15, -0.1) is 0 Å². The summed E-state index contributed by atoms with van der Waals surface area (Å²) in [6, 6.07) is 17.1. The van der Waals surface area contributed by atoms with Crippen molar-refractivity contribution >= 4 is 33.7 Å². The fraction of sp³-hybridized carbons (Fsp3) is 0.167. The van der Waals surface area contributed by atoms with Gasteiger partial charge in [-0.05, 0) is 53.9 Å². The Morgan fingerprint density at radius 1 is 1.06 bits per heavy atom. The van der Waals surface area contributed by atoms with Gasteiger partial charge in [0.25, 0.3) is 5.91 Å². The number of aromatic nitrogens is 1. The van der Waals surface area contributed by atoms with E-state index in [4.69, 9.17) is 10.2 Å². The van der Waals surface area contributed by atoms with Gasteiger partial charge < -0.3 is 25.7 Å². The van der Waals surface area contributed by atoms with Crippen LogP contribution in [-0.4, -0.2) is 37.1 Å². The molecule has 156 valence electrons. The SMILES string of the molecule is Nc1ccc(-c2ccco2)cc1NC(=O)c1cc2ccc(N3CCNCC3)cc2cn1. The second-order valence-electron chi connectivity index (χ2n) is 7.57. The van der Waals surface area contributed by atoms with Gasteiger partial charge in [-0.1, -0.05) is 6.07 Å². The topological polar surface area (TPSA) is 96.4 Å². The Morgan fingerprint density at radius 3 is 2.74 bits per heavy atom. The lowest BCUT2D eigenvalue weighted by molar-refractivity contribution is 0.102. The van der Waals surface area contributed by atoms with Crippen LogP contribution in [0, 0.1) is 0 Å². The third-order valence-corrected chi connectivity index (χ3v) is 5.53. The lowest BCUT2D eigenvalue weighted by Crippen LogP contribution is -2.43. The molecule has 0 unspecified atom stereocenters. The highest BCUT2D eigenvalue weighted by Crippen LogP contribution is 2.28. The molecule has 1 saturated heterocycles. The van der Waals surface area contributed by atoms with E-state index in [1.54, 1.807) is 30.7 Å². The van der Waals surface area contributed by atoms with E-state index in [2.05, 4.69) is 32.7 Å². The Bertz CT molecular complexity index is 1230. The van der Waals surface area contributed by atoms with Crippen molar-refractivity contribution in [3.63, 3.8) is 0 Å². The minimum Gasteiger partial charge on any atom is -0.464 e. The van der Waals surface area contributed by atoms with Gasteiger partial charge in [-0.2, -0.15) is 0 Å². The van der Waals surface area contributed by atoms with Crippen molar-refractivity contribution in [2.75, 3.05) is 42.1 Å². The first kappa shape index (κ1) is 19.1. The average Bonchev–Trinajstić information content (AvgIpc) is 3.35. The molecule has 0 saturated carbocycles. The van der Waals surface area contributed by atoms with Crippen LogP contribution in [0.25, 0.3) is 22.1 Å². The highest BCUT2D eigenvalue weighted by molar-refractivity contribution is 6.06. The smallest absolute Gasteiger partial charge is 0.274 e. The molecule has 7 heteroatoms. The molecule has 5 rings (SSSR count). The molecule has 0 spiro atoms. The number of fused-ring (bicyclic) bond motifs is 1. The number of benzene rings is 2. The second kappa shape index (κ2) is 8.12. The van der Waals surface area contributed by atoms with Crippen molar-refractivity contribution in [3.8, 4) is 11.3 Å². The zero-order valence-corrected chi connectivity index (χ0v) is 17.0. The molecule has 4 aromatic rings. The molecule has 3 heterocycles. The molecule has 31 heavy (non-hydrogen) atoms. The summed E-state index contributed by atoms with van der Waals surface area (Å²) >= 11 is 0. The summed E-state index contributed by atoms with van der Waals surface area (Å²) in [5, 5.41) is 8.21. The Labute approximate surface area is 179 Å². The first-order chi connectivity index (χ1) is 15.2. The molecular weight excluding hydrogens is 390 g/mol. The second-order valence-corrected chi connectivity index (χ2v) is 7.57. The molecule has 2 aromatic carbocycles. The van der Waals surface area contributed by atoms with E-state index < -0.39 is 0 Å². The van der Waals surface area contributed by atoms with Crippen molar-refractivity contribution < 1.29 is 9.21 Å². The number of nitrogens with two attached hydrogens (primary N) is 1. The first-order valence-electron chi connectivity index (χ1n) is 10.3. The zero-order valence-electron chi connectivity index (χ0n) is 17.0. The molecular formula is C24H23N5O2. The lowest BCUT2D eigenvalue weighted by Gasteiger charge is -2.29. The van der Waals surface area contributed by atoms with Crippen LogP contribution in [-0.2, 0) is 0 Å². The highest BCUT2D eigenvalue weighted by atomic mass is 16.3. The third-order valence-electron chi connectivity index (χ3n) is 5.53. The number of anilines is 3. The van der Waals surface area contributed by atoms with Crippen LogP contribution >= 0.6 is 0 Å².